The number of nitrogens with one attached hydrogen (secondary N) is 1. The van der Waals surface area contributed by atoms with E-state index in [1.807, 2.05) is 25.1 Å². The number of hydrogen-bond donors (Lipinski definition) is 1. The molecule has 1 aliphatic carbocycles. The molecule has 0 unspecified atom stereocenters. The van der Waals surface area contributed by atoms with Gasteiger partial charge in [0.25, 0.3) is 5.91 Å². The average Bonchev–Trinajstić information content (AvgIpc) is 3.34. The smallest absolute Gasteiger partial charge is 0.341 e. The Kier molecular flexibility index (Phi) is 7.13. The van der Waals surface area contributed by atoms with Crippen molar-refractivity contribution in [3.05, 3.63) is 68.3 Å². The summed E-state index contributed by atoms with van der Waals surface area (Å²) in [6.07, 6.45) is 4.14. The monoisotopic (exact) mass is 487 g/mol. The number of fused-ring (bicyclic) bond motifs is 1. The van der Waals surface area contributed by atoms with Crippen LogP contribution >= 0.6 is 34.7 Å². The van der Waals surface area contributed by atoms with Crippen molar-refractivity contribution < 1.29 is 14.3 Å². The highest BCUT2D eigenvalue weighted by Gasteiger charge is 2.29. The zero-order valence-corrected chi connectivity index (χ0v) is 20.1. The third-order valence-electron chi connectivity index (χ3n) is 5.02. The standard InChI is InChI=1S/C23H22ClN3O3S2/c1-3-30-22(29)18-15-8-5-9-17(15)32-21(18)27-20(28)19-16(24)11-25-23(26-19)31-12-14-7-4-6-13(2)10-14/h4,6-7,10-11H,3,5,8-9,12H2,1-2H3,(H,27,28). The van der Waals surface area contributed by atoms with Gasteiger partial charge in [0.2, 0.25) is 0 Å². The SMILES string of the molecule is CCOC(=O)c1c(NC(=O)c2nc(SCc3cccc(C)c3)ncc2Cl)sc2c1CCC2. The van der Waals surface area contributed by atoms with Gasteiger partial charge in [-0.15, -0.1) is 11.3 Å². The fraction of sp³-hybridized carbons (Fsp3) is 0.304. The minimum absolute atomic E-state index is 0.0803. The summed E-state index contributed by atoms with van der Waals surface area (Å²) < 4.78 is 5.23. The minimum Gasteiger partial charge on any atom is -0.462 e. The molecular weight excluding hydrogens is 466 g/mol. The first kappa shape index (κ1) is 22.8. The number of thioether (sulfide) groups is 1. The molecule has 2 aromatic heterocycles. The van der Waals surface area contributed by atoms with Crippen LogP contribution in [0.5, 0.6) is 0 Å². The number of ether oxygens (including phenoxy) is 1. The third kappa shape index (κ3) is 4.98. The number of anilines is 1. The van der Waals surface area contributed by atoms with Crippen molar-refractivity contribution in [1.29, 1.82) is 0 Å². The molecule has 2 heterocycles. The average molecular weight is 488 g/mol. The van der Waals surface area contributed by atoms with Crippen LogP contribution in [0.2, 0.25) is 5.02 Å². The van der Waals surface area contributed by atoms with Crippen LogP contribution in [-0.2, 0) is 23.3 Å². The molecule has 1 amide bonds. The van der Waals surface area contributed by atoms with Crippen LogP contribution in [0.25, 0.3) is 0 Å². The van der Waals surface area contributed by atoms with E-state index in [0.29, 0.717) is 21.5 Å². The number of benzene rings is 1. The van der Waals surface area contributed by atoms with E-state index in [1.54, 1.807) is 6.92 Å². The first-order valence-corrected chi connectivity index (χ1v) is 12.5. The van der Waals surface area contributed by atoms with E-state index in [4.69, 9.17) is 16.3 Å². The van der Waals surface area contributed by atoms with E-state index < -0.39 is 11.9 Å². The van der Waals surface area contributed by atoms with Gasteiger partial charge in [-0.05, 0) is 44.2 Å². The van der Waals surface area contributed by atoms with Crippen molar-refractivity contribution in [3.8, 4) is 0 Å². The van der Waals surface area contributed by atoms with Gasteiger partial charge in [0.15, 0.2) is 10.9 Å². The third-order valence-corrected chi connectivity index (χ3v) is 7.43. The molecule has 3 aromatic rings. The number of thiophene rings is 1. The quantitative estimate of drug-likeness (QED) is 0.261. The molecule has 6 nitrogen and oxygen atoms in total. The van der Waals surface area contributed by atoms with Gasteiger partial charge in [0.05, 0.1) is 23.4 Å². The Hall–Kier alpha value is -2.42. The fourth-order valence-electron chi connectivity index (χ4n) is 3.60. The lowest BCUT2D eigenvalue weighted by molar-refractivity contribution is 0.0527. The lowest BCUT2D eigenvalue weighted by Crippen LogP contribution is -2.17. The number of aryl methyl sites for hydroxylation is 2. The maximum absolute atomic E-state index is 13.0. The highest BCUT2D eigenvalue weighted by Crippen LogP contribution is 2.40. The highest BCUT2D eigenvalue weighted by atomic mass is 35.5. The molecular formula is C23H22ClN3O3S2. The topological polar surface area (TPSA) is 81.2 Å². The molecule has 0 aliphatic heterocycles. The van der Waals surface area contributed by atoms with E-state index in [9.17, 15) is 9.59 Å². The fourth-order valence-corrected chi connectivity index (χ4v) is 5.81. The van der Waals surface area contributed by atoms with Crippen molar-refractivity contribution >= 4 is 51.6 Å². The molecule has 32 heavy (non-hydrogen) atoms. The van der Waals surface area contributed by atoms with Gasteiger partial charge < -0.3 is 10.1 Å². The molecule has 0 spiro atoms. The molecule has 1 N–H and O–H groups in total. The van der Waals surface area contributed by atoms with Gasteiger partial charge in [-0.2, -0.15) is 0 Å². The summed E-state index contributed by atoms with van der Waals surface area (Å²) in [5.41, 5.74) is 3.84. The van der Waals surface area contributed by atoms with Crippen molar-refractivity contribution in [2.24, 2.45) is 0 Å². The summed E-state index contributed by atoms with van der Waals surface area (Å²) >= 11 is 9.09. The zero-order chi connectivity index (χ0) is 22.7. The van der Waals surface area contributed by atoms with Crippen molar-refractivity contribution in [3.63, 3.8) is 0 Å². The van der Waals surface area contributed by atoms with Crippen LogP contribution in [0.15, 0.2) is 35.6 Å². The van der Waals surface area contributed by atoms with Crippen molar-refractivity contribution in [2.75, 3.05) is 11.9 Å². The van der Waals surface area contributed by atoms with E-state index in [2.05, 4.69) is 21.4 Å². The maximum Gasteiger partial charge on any atom is 0.341 e. The van der Waals surface area contributed by atoms with E-state index >= 15 is 0 Å². The summed E-state index contributed by atoms with van der Waals surface area (Å²) in [6, 6.07) is 8.19. The first-order valence-electron chi connectivity index (χ1n) is 10.3. The lowest BCUT2D eigenvalue weighted by Gasteiger charge is -2.09. The summed E-state index contributed by atoms with van der Waals surface area (Å²) in [6.45, 7) is 4.08. The molecule has 1 aliphatic rings. The highest BCUT2D eigenvalue weighted by molar-refractivity contribution is 7.98. The number of aromatic nitrogens is 2. The number of amides is 1. The van der Waals surface area contributed by atoms with Gasteiger partial charge in [0.1, 0.15) is 5.00 Å². The van der Waals surface area contributed by atoms with Crippen LogP contribution in [0.4, 0.5) is 5.00 Å². The van der Waals surface area contributed by atoms with Gasteiger partial charge in [-0.1, -0.05) is 53.2 Å². The largest absolute Gasteiger partial charge is 0.462 e. The van der Waals surface area contributed by atoms with E-state index in [1.165, 1.54) is 34.9 Å². The number of rotatable bonds is 7. The summed E-state index contributed by atoms with van der Waals surface area (Å²) in [5.74, 6) is -0.208. The first-order chi connectivity index (χ1) is 15.5. The maximum atomic E-state index is 13.0. The molecule has 0 bridgehead atoms. The van der Waals surface area contributed by atoms with Crippen molar-refractivity contribution in [2.45, 2.75) is 44.0 Å². The summed E-state index contributed by atoms with van der Waals surface area (Å²) in [7, 11) is 0. The number of carbonyl (C=O) groups is 2. The van der Waals surface area contributed by atoms with Crippen LogP contribution in [0.3, 0.4) is 0 Å². The second-order valence-electron chi connectivity index (χ2n) is 7.36. The molecule has 4 rings (SSSR count). The van der Waals surface area contributed by atoms with E-state index in [0.717, 1.165) is 35.3 Å². The predicted molar refractivity (Wildman–Crippen MR) is 128 cm³/mol. The van der Waals surface area contributed by atoms with Crippen LogP contribution in [0, 0.1) is 6.92 Å². The lowest BCUT2D eigenvalue weighted by atomic mass is 10.1. The zero-order valence-electron chi connectivity index (χ0n) is 17.7. The molecule has 166 valence electrons. The number of esters is 1. The number of hydrogen-bond acceptors (Lipinski definition) is 7. The van der Waals surface area contributed by atoms with Gasteiger partial charge in [-0.25, -0.2) is 14.8 Å². The number of halogens is 1. The Bertz CT molecular complexity index is 1180. The Morgan fingerprint density at radius 1 is 1.31 bits per heavy atom. The number of nitrogens with zero attached hydrogens (tertiary/aromatic N) is 2. The van der Waals surface area contributed by atoms with Gasteiger partial charge in [-0.3, -0.25) is 4.79 Å². The molecule has 0 fully saturated rings. The Morgan fingerprint density at radius 2 is 2.16 bits per heavy atom. The molecule has 9 heteroatoms. The normalized spacial score (nSPS) is 12.5. The van der Waals surface area contributed by atoms with Gasteiger partial charge in [0, 0.05) is 10.6 Å². The minimum atomic E-state index is -0.472. The molecule has 0 radical (unpaired) electrons. The molecule has 1 aromatic carbocycles. The van der Waals surface area contributed by atoms with E-state index in [-0.39, 0.29) is 17.3 Å². The molecule has 0 saturated carbocycles. The summed E-state index contributed by atoms with van der Waals surface area (Å²) in [4.78, 5) is 35.3. The second kappa shape index (κ2) is 10.0. The van der Waals surface area contributed by atoms with Crippen LogP contribution in [-0.4, -0.2) is 28.5 Å². The van der Waals surface area contributed by atoms with Gasteiger partial charge >= 0.3 is 5.97 Å². The second-order valence-corrected chi connectivity index (χ2v) is 9.82. The van der Waals surface area contributed by atoms with Crippen LogP contribution < -0.4 is 5.32 Å². The van der Waals surface area contributed by atoms with Crippen LogP contribution in [0.1, 0.15) is 55.8 Å². The number of carbonyl (C=O) groups excluding carboxylic acids is 2. The molecule has 0 saturated heterocycles. The molecule has 0 atom stereocenters. The predicted octanol–water partition coefficient (Wildman–Crippen LogP) is 5.71. The Balaban J connectivity index is 1.54. The Morgan fingerprint density at radius 3 is 2.94 bits per heavy atom. The Labute approximate surface area is 199 Å². The van der Waals surface area contributed by atoms with Crippen molar-refractivity contribution in [1.82, 2.24) is 9.97 Å². The summed E-state index contributed by atoms with van der Waals surface area (Å²) in [5, 5.41) is 3.94.